The third kappa shape index (κ3) is 4.79. The van der Waals surface area contributed by atoms with Gasteiger partial charge in [0.25, 0.3) is 10.0 Å². The van der Waals surface area contributed by atoms with E-state index >= 15 is 0 Å². The van der Waals surface area contributed by atoms with Crippen LogP contribution in [0.2, 0.25) is 0 Å². The molecule has 0 aliphatic carbocycles. The van der Waals surface area contributed by atoms with E-state index in [1.807, 2.05) is 27.7 Å². The highest BCUT2D eigenvalue weighted by atomic mass is 32.2. The maximum absolute atomic E-state index is 13.3. The minimum absolute atomic E-state index is 0.124. The average Bonchev–Trinajstić information content (AvgIpc) is 3.03. The summed E-state index contributed by atoms with van der Waals surface area (Å²) in [5, 5.41) is 3.90. The van der Waals surface area contributed by atoms with Gasteiger partial charge in [-0.2, -0.15) is 0 Å². The van der Waals surface area contributed by atoms with Crippen LogP contribution in [0.15, 0.2) is 46.1 Å². The molecule has 0 radical (unpaired) electrons. The molecule has 0 aliphatic rings. The molecule has 3 rings (SSSR count). The van der Waals surface area contributed by atoms with Gasteiger partial charge in [-0.05, 0) is 51.0 Å². The first-order valence-electron chi connectivity index (χ1n) is 9.64. The molecule has 0 saturated carbocycles. The van der Waals surface area contributed by atoms with Crippen LogP contribution in [0, 0.1) is 26.7 Å². The van der Waals surface area contributed by atoms with Gasteiger partial charge in [-0.3, -0.25) is 4.31 Å². The number of aromatic nitrogens is 3. The minimum atomic E-state index is -3.78. The average molecular weight is 431 g/mol. The third-order valence-corrected chi connectivity index (χ3v) is 6.37. The van der Waals surface area contributed by atoms with Crippen LogP contribution >= 0.6 is 0 Å². The summed E-state index contributed by atoms with van der Waals surface area (Å²) in [7, 11) is -3.78. The number of hydrogen-bond acceptors (Lipinski definition) is 7. The van der Waals surface area contributed by atoms with E-state index in [1.165, 1.54) is 16.7 Å². The first-order chi connectivity index (χ1) is 14.2. The Morgan fingerprint density at radius 2 is 1.70 bits per heavy atom. The Morgan fingerprint density at radius 1 is 1.07 bits per heavy atom. The van der Waals surface area contributed by atoms with Gasteiger partial charge in [-0.1, -0.05) is 19.0 Å². The fourth-order valence-electron chi connectivity index (χ4n) is 2.89. The van der Waals surface area contributed by atoms with Crippen LogP contribution in [0.1, 0.15) is 36.7 Å². The maximum atomic E-state index is 13.3. The molecule has 8 nitrogen and oxygen atoms in total. The molecule has 0 N–H and O–H groups in total. The van der Waals surface area contributed by atoms with Crippen molar-refractivity contribution in [1.29, 1.82) is 0 Å². The van der Waals surface area contributed by atoms with Crippen LogP contribution in [0.5, 0.6) is 5.75 Å². The lowest BCUT2D eigenvalue weighted by atomic mass is 10.2. The molecule has 2 aromatic heterocycles. The van der Waals surface area contributed by atoms with E-state index in [0.717, 1.165) is 11.3 Å². The van der Waals surface area contributed by atoms with Crippen LogP contribution in [0.4, 0.5) is 5.69 Å². The third-order valence-electron chi connectivity index (χ3n) is 4.56. The largest absolute Gasteiger partial charge is 0.489 e. The second kappa shape index (κ2) is 8.83. The summed E-state index contributed by atoms with van der Waals surface area (Å²) in [5.74, 6) is 1.97. The van der Waals surface area contributed by atoms with E-state index < -0.39 is 10.0 Å². The summed E-state index contributed by atoms with van der Waals surface area (Å²) in [6, 6.07) is 6.37. The lowest BCUT2D eigenvalue weighted by Gasteiger charge is -2.25. The molecule has 0 bridgehead atoms. The summed E-state index contributed by atoms with van der Waals surface area (Å²) < 4.78 is 38.9. The molecule has 0 amide bonds. The molecular weight excluding hydrogens is 404 g/mol. The number of benzene rings is 1. The molecule has 0 spiro atoms. The molecule has 0 fully saturated rings. The number of nitrogens with zero attached hydrogens (tertiary/aromatic N) is 4. The van der Waals surface area contributed by atoms with E-state index in [9.17, 15) is 8.42 Å². The highest BCUT2D eigenvalue weighted by Gasteiger charge is 2.26. The van der Waals surface area contributed by atoms with Gasteiger partial charge in [0.1, 0.15) is 23.9 Å². The Morgan fingerprint density at radius 3 is 2.23 bits per heavy atom. The predicted octanol–water partition coefficient (Wildman–Crippen LogP) is 3.82. The second-order valence-electron chi connectivity index (χ2n) is 7.48. The Labute approximate surface area is 177 Å². The monoisotopic (exact) mass is 430 g/mol. The van der Waals surface area contributed by atoms with Crippen molar-refractivity contribution in [2.75, 3.05) is 10.8 Å². The number of ether oxygens (including phenoxy) is 1. The molecule has 160 valence electrons. The number of rotatable bonds is 8. The van der Waals surface area contributed by atoms with E-state index in [1.54, 1.807) is 31.2 Å². The van der Waals surface area contributed by atoms with Gasteiger partial charge < -0.3 is 9.26 Å². The highest BCUT2D eigenvalue weighted by molar-refractivity contribution is 7.92. The molecule has 0 saturated heterocycles. The fourth-order valence-corrected chi connectivity index (χ4v) is 4.49. The molecule has 0 unspecified atom stereocenters. The van der Waals surface area contributed by atoms with Crippen molar-refractivity contribution in [1.82, 2.24) is 15.1 Å². The summed E-state index contributed by atoms with van der Waals surface area (Å²) in [5.41, 5.74) is 2.10. The summed E-state index contributed by atoms with van der Waals surface area (Å²) in [6.45, 7) is 9.97. The summed E-state index contributed by atoms with van der Waals surface area (Å²) >= 11 is 0. The molecule has 1 aromatic carbocycles. The van der Waals surface area contributed by atoms with Gasteiger partial charge in [0.2, 0.25) is 0 Å². The number of anilines is 1. The molecular formula is C21H26N4O4S. The van der Waals surface area contributed by atoms with E-state index in [0.29, 0.717) is 36.2 Å². The van der Waals surface area contributed by atoms with Crippen molar-refractivity contribution in [3.63, 3.8) is 0 Å². The lowest BCUT2D eigenvalue weighted by molar-refractivity contribution is 0.301. The Balaban J connectivity index is 1.82. The predicted molar refractivity (Wildman–Crippen MR) is 113 cm³/mol. The van der Waals surface area contributed by atoms with Crippen molar-refractivity contribution >= 4 is 15.7 Å². The summed E-state index contributed by atoms with van der Waals surface area (Å²) in [6.07, 6.45) is 3.06. The van der Waals surface area contributed by atoms with Gasteiger partial charge in [-0.15, -0.1) is 0 Å². The first kappa shape index (κ1) is 21.8. The van der Waals surface area contributed by atoms with Crippen LogP contribution < -0.4 is 9.04 Å². The Bertz CT molecular complexity index is 1070. The maximum Gasteiger partial charge on any atom is 0.264 e. The standard InChI is InChI=1S/C21H26N4O4S/c1-14(2)12-25(18-10-22-17(5)23-11-18)30(26,27)20-8-6-19(7-9-20)28-13-21-15(3)24-29-16(21)4/h6-11,14H,12-13H2,1-5H3. The van der Waals surface area contributed by atoms with Gasteiger partial charge in [0.05, 0.1) is 34.2 Å². The zero-order chi connectivity index (χ0) is 21.9. The van der Waals surface area contributed by atoms with E-state index in [-0.39, 0.29) is 10.8 Å². The molecule has 0 aliphatic heterocycles. The Kier molecular flexibility index (Phi) is 6.40. The molecule has 3 aromatic rings. The zero-order valence-corrected chi connectivity index (χ0v) is 18.6. The molecule has 9 heteroatoms. The fraction of sp³-hybridized carbons (Fsp3) is 0.381. The molecule has 0 atom stereocenters. The van der Waals surface area contributed by atoms with Crippen molar-refractivity contribution in [3.05, 3.63) is 59.5 Å². The smallest absolute Gasteiger partial charge is 0.264 e. The normalized spacial score (nSPS) is 11.7. The molecule has 30 heavy (non-hydrogen) atoms. The first-order valence-corrected chi connectivity index (χ1v) is 11.1. The second-order valence-corrected chi connectivity index (χ2v) is 9.34. The van der Waals surface area contributed by atoms with Gasteiger partial charge >= 0.3 is 0 Å². The highest BCUT2D eigenvalue weighted by Crippen LogP contribution is 2.26. The van der Waals surface area contributed by atoms with Crippen molar-refractivity contribution in [2.24, 2.45) is 5.92 Å². The van der Waals surface area contributed by atoms with E-state index in [2.05, 4.69) is 15.1 Å². The number of aryl methyl sites for hydroxylation is 3. The SMILES string of the molecule is Cc1ncc(N(CC(C)C)S(=O)(=O)c2ccc(OCc3c(C)noc3C)cc2)cn1. The van der Waals surface area contributed by atoms with Crippen molar-refractivity contribution in [3.8, 4) is 5.75 Å². The van der Waals surface area contributed by atoms with Crippen LogP contribution in [0.3, 0.4) is 0 Å². The van der Waals surface area contributed by atoms with Gasteiger partial charge in [0, 0.05) is 6.54 Å². The van der Waals surface area contributed by atoms with Gasteiger partial charge in [-0.25, -0.2) is 18.4 Å². The van der Waals surface area contributed by atoms with Gasteiger partial charge in [0.15, 0.2) is 0 Å². The topological polar surface area (TPSA) is 98.4 Å². The van der Waals surface area contributed by atoms with E-state index in [4.69, 9.17) is 9.26 Å². The van der Waals surface area contributed by atoms with Crippen LogP contribution in [-0.4, -0.2) is 30.1 Å². The minimum Gasteiger partial charge on any atom is -0.489 e. The van der Waals surface area contributed by atoms with Crippen LogP contribution in [0.25, 0.3) is 0 Å². The summed E-state index contributed by atoms with van der Waals surface area (Å²) in [4.78, 5) is 8.46. The number of hydrogen-bond donors (Lipinski definition) is 0. The molecule has 2 heterocycles. The lowest BCUT2D eigenvalue weighted by Crippen LogP contribution is -2.34. The van der Waals surface area contributed by atoms with Crippen molar-refractivity contribution in [2.45, 2.75) is 46.1 Å². The van der Waals surface area contributed by atoms with Crippen molar-refractivity contribution < 1.29 is 17.7 Å². The Hall–Kier alpha value is -2.94. The van der Waals surface area contributed by atoms with Crippen LogP contribution in [-0.2, 0) is 16.6 Å². The zero-order valence-electron chi connectivity index (χ0n) is 17.8. The number of sulfonamides is 1. The quantitative estimate of drug-likeness (QED) is 0.536.